The molecule has 0 amide bonds. The third-order valence-electron chi connectivity index (χ3n) is 4.47. The van der Waals surface area contributed by atoms with Gasteiger partial charge in [-0.05, 0) is 30.5 Å². The minimum Gasteiger partial charge on any atom is -0.364 e. The third kappa shape index (κ3) is 3.41. The van der Waals surface area contributed by atoms with Gasteiger partial charge in [-0.2, -0.15) is 0 Å². The highest BCUT2D eigenvalue weighted by atomic mass is 35.5. The molecule has 2 nitrogen and oxygen atoms in total. The molecule has 0 saturated carbocycles. The molecule has 1 fully saturated rings. The van der Waals surface area contributed by atoms with Crippen LogP contribution in [0.15, 0.2) is 18.2 Å². The molecule has 0 radical (unpaired) electrons. The molecule has 3 unspecified atom stereocenters. The van der Waals surface area contributed by atoms with Gasteiger partial charge in [0.2, 0.25) is 0 Å². The van der Waals surface area contributed by atoms with Crippen LogP contribution in [0.1, 0.15) is 33.6 Å². The van der Waals surface area contributed by atoms with Crippen LogP contribution in [0.3, 0.4) is 0 Å². The fraction of sp³-hybridized carbons (Fsp3) is 0.625. The van der Waals surface area contributed by atoms with Crippen molar-refractivity contribution in [3.63, 3.8) is 0 Å². The van der Waals surface area contributed by atoms with Crippen molar-refractivity contribution < 1.29 is 0 Å². The standard InChI is InChI=1S/C16H24Cl2N2/c1-4-11(3)15-10-20(13(5-2)9-19-15)16-8-12(17)6-7-14(16)18/h6-8,11,13,15,19H,4-5,9-10H2,1-3H3. The highest BCUT2D eigenvalue weighted by molar-refractivity contribution is 6.35. The zero-order chi connectivity index (χ0) is 14.7. The second-order valence-corrected chi connectivity index (χ2v) is 6.55. The summed E-state index contributed by atoms with van der Waals surface area (Å²) in [6, 6.07) is 6.73. The molecule has 0 bridgehead atoms. The Hall–Kier alpha value is -0.440. The molecule has 1 N–H and O–H groups in total. The Morgan fingerprint density at radius 3 is 2.75 bits per heavy atom. The van der Waals surface area contributed by atoms with Crippen LogP contribution in [0, 0.1) is 5.92 Å². The van der Waals surface area contributed by atoms with Gasteiger partial charge in [-0.1, -0.05) is 50.4 Å². The van der Waals surface area contributed by atoms with Gasteiger partial charge >= 0.3 is 0 Å². The Labute approximate surface area is 132 Å². The maximum absolute atomic E-state index is 6.39. The molecule has 20 heavy (non-hydrogen) atoms. The van der Waals surface area contributed by atoms with E-state index in [-0.39, 0.29) is 0 Å². The Balaban J connectivity index is 2.26. The summed E-state index contributed by atoms with van der Waals surface area (Å²) in [4.78, 5) is 2.43. The number of halogens is 2. The fourth-order valence-electron chi connectivity index (χ4n) is 2.85. The first-order valence-electron chi connectivity index (χ1n) is 7.51. The van der Waals surface area contributed by atoms with Crippen molar-refractivity contribution in [3.8, 4) is 0 Å². The first-order valence-corrected chi connectivity index (χ1v) is 8.27. The molecule has 1 aliphatic rings. The Kier molecular flexibility index (Phi) is 5.59. The van der Waals surface area contributed by atoms with E-state index < -0.39 is 0 Å². The van der Waals surface area contributed by atoms with E-state index in [1.165, 1.54) is 6.42 Å². The molecule has 0 aliphatic carbocycles. The molecule has 4 heteroatoms. The van der Waals surface area contributed by atoms with Crippen LogP contribution in [-0.2, 0) is 0 Å². The van der Waals surface area contributed by atoms with Gasteiger partial charge < -0.3 is 10.2 Å². The first kappa shape index (κ1) is 15.9. The monoisotopic (exact) mass is 314 g/mol. The van der Waals surface area contributed by atoms with Crippen LogP contribution in [0.5, 0.6) is 0 Å². The maximum atomic E-state index is 6.39. The molecule has 0 spiro atoms. The second-order valence-electron chi connectivity index (χ2n) is 5.71. The molecule has 1 aromatic rings. The number of rotatable bonds is 4. The zero-order valence-electron chi connectivity index (χ0n) is 12.5. The van der Waals surface area contributed by atoms with Crippen molar-refractivity contribution in [2.24, 2.45) is 5.92 Å². The van der Waals surface area contributed by atoms with Crippen molar-refractivity contribution in [1.29, 1.82) is 0 Å². The summed E-state index contributed by atoms with van der Waals surface area (Å²) in [5.74, 6) is 0.660. The van der Waals surface area contributed by atoms with Crippen LogP contribution in [0.4, 0.5) is 5.69 Å². The van der Waals surface area contributed by atoms with Gasteiger partial charge in [0.25, 0.3) is 0 Å². The number of hydrogen-bond acceptors (Lipinski definition) is 2. The molecule has 1 heterocycles. The summed E-state index contributed by atoms with van der Waals surface area (Å²) in [7, 11) is 0. The molecule has 3 atom stereocenters. The zero-order valence-corrected chi connectivity index (χ0v) is 14.0. The van der Waals surface area contributed by atoms with Gasteiger partial charge in [0.15, 0.2) is 0 Å². The van der Waals surface area contributed by atoms with Crippen LogP contribution in [0.2, 0.25) is 10.0 Å². The summed E-state index contributed by atoms with van der Waals surface area (Å²) in [5, 5.41) is 5.22. The number of hydrogen-bond donors (Lipinski definition) is 1. The van der Waals surface area contributed by atoms with Crippen LogP contribution in [-0.4, -0.2) is 25.2 Å². The predicted octanol–water partition coefficient (Wildman–Crippen LogP) is 4.60. The largest absolute Gasteiger partial charge is 0.364 e. The Bertz CT molecular complexity index is 450. The number of anilines is 1. The fourth-order valence-corrected chi connectivity index (χ4v) is 3.25. The van der Waals surface area contributed by atoms with E-state index in [0.29, 0.717) is 18.0 Å². The van der Waals surface area contributed by atoms with Crippen molar-refractivity contribution in [2.45, 2.75) is 45.7 Å². The van der Waals surface area contributed by atoms with Gasteiger partial charge in [-0.15, -0.1) is 0 Å². The summed E-state index contributed by atoms with van der Waals surface area (Å²) >= 11 is 12.5. The van der Waals surface area contributed by atoms with Gasteiger partial charge in [0.1, 0.15) is 0 Å². The van der Waals surface area contributed by atoms with Crippen molar-refractivity contribution in [2.75, 3.05) is 18.0 Å². The van der Waals surface area contributed by atoms with Gasteiger partial charge in [-0.25, -0.2) is 0 Å². The van der Waals surface area contributed by atoms with E-state index in [2.05, 4.69) is 31.0 Å². The Morgan fingerprint density at radius 2 is 2.10 bits per heavy atom. The van der Waals surface area contributed by atoms with Crippen LogP contribution >= 0.6 is 23.2 Å². The topological polar surface area (TPSA) is 15.3 Å². The number of nitrogens with one attached hydrogen (secondary N) is 1. The first-order chi connectivity index (χ1) is 9.56. The average Bonchev–Trinajstić information content (AvgIpc) is 2.48. The lowest BCUT2D eigenvalue weighted by molar-refractivity contribution is 0.306. The SMILES string of the molecule is CCC(C)C1CN(c2cc(Cl)ccc2Cl)C(CC)CN1. The summed E-state index contributed by atoms with van der Waals surface area (Å²) in [6.45, 7) is 8.78. The molecule has 2 rings (SSSR count). The van der Waals surface area contributed by atoms with Crippen molar-refractivity contribution in [1.82, 2.24) is 5.32 Å². The Morgan fingerprint density at radius 1 is 1.35 bits per heavy atom. The highest BCUT2D eigenvalue weighted by Gasteiger charge is 2.30. The number of benzene rings is 1. The maximum Gasteiger partial charge on any atom is 0.0640 e. The summed E-state index contributed by atoms with van der Waals surface area (Å²) in [6.07, 6.45) is 2.29. The second kappa shape index (κ2) is 7.02. The lowest BCUT2D eigenvalue weighted by Gasteiger charge is -2.44. The summed E-state index contributed by atoms with van der Waals surface area (Å²) < 4.78 is 0. The average molecular weight is 315 g/mol. The van der Waals surface area contributed by atoms with E-state index in [1.807, 2.05) is 18.2 Å². The predicted molar refractivity (Wildman–Crippen MR) is 89.1 cm³/mol. The quantitative estimate of drug-likeness (QED) is 0.874. The molecule has 112 valence electrons. The van der Waals surface area contributed by atoms with Gasteiger partial charge in [-0.3, -0.25) is 0 Å². The van der Waals surface area contributed by atoms with Gasteiger partial charge in [0, 0.05) is 30.2 Å². The molecule has 1 aliphatic heterocycles. The van der Waals surface area contributed by atoms with Gasteiger partial charge in [0.05, 0.1) is 10.7 Å². The number of nitrogens with zero attached hydrogens (tertiary/aromatic N) is 1. The van der Waals surface area contributed by atoms with E-state index in [4.69, 9.17) is 23.2 Å². The smallest absolute Gasteiger partial charge is 0.0640 e. The van der Waals surface area contributed by atoms with E-state index in [9.17, 15) is 0 Å². The van der Waals surface area contributed by atoms with E-state index in [0.717, 1.165) is 35.2 Å². The van der Waals surface area contributed by atoms with E-state index in [1.54, 1.807) is 0 Å². The lowest BCUT2D eigenvalue weighted by Crippen LogP contribution is -2.58. The van der Waals surface area contributed by atoms with Crippen molar-refractivity contribution >= 4 is 28.9 Å². The normalized spacial score (nSPS) is 24.8. The molecule has 1 aromatic carbocycles. The van der Waals surface area contributed by atoms with E-state index >= 15 is 0 Å². The third-order valence-corrected chi connectivity index (χ3v) is 5.02. The molecular formula is C16H24Cl2N2. The number of piperazine rings is 1. The summed E-state index contributed by atoms with van der Waals surface area (Å²) in [5.41, 5.74) is 1.07. The highest BCUT2D eigenvalue weighted by Crippen LogP contribution is 2.32. The molecule has 0 aromatic heterocycles. The minimum atomic E-state index is 0.478. The van der Waals surface area contributed by atoms with Crippen LogP contribution < -0.4 is 10.2 Å². The van der Waals surface area contributed by atoms with Crippen LogP contribution in [0.25, 0.3) is 0 Å². The molecule has 1 saturated heterocycles. The van der Waals surface area contributed by atoms with Crippen molar-refractivity contribution in [3.05, 3.63) is 28.2 Å². The molecular weight excluding hydrogens is 291 g/mol. The minimum absolute atomic E-state index is 0.478. The lowest BCUT2D eigenvalue weighted by atomic mass is 9.94.